The van der Waals surface area contributed by atoms with Crippen molar-refractivity contribution in [3.63, 3.8) is 0 Å². The van der Waals surface area contributed by atoms with Crippen LogP contribution in [0.25, 0.3) is 0 Å². The van der Waals surface area contributed by atoms with Gasteiger partial charge in [-0.25, -0.2) is 9.13 Å². The number of aliphatic hydroxyl groups excluding tert-OH is 1. The second-order valence-corrected chi connectivity index (χ2v) is 3.44. The molecule has 76 valence electrons. The Balaban J connectivity index is 4.40. The van der Waals surface area contributed by atoms with Crippen molar-refractivity contribution in [3.8, 4) is 0 Å². The minimum absolute atomic E-state index is 0.0391. The van der Waals surface area contributed by atoms with Crippen molar-refractivity contribution in [2.75, 3.05) is 6.61 Å². The molecule has 0 rings (SSSR count). The summed E-state index contributed by atoms with van der Waals surface area (Å²) >= 11 is 0. The third-order valence-electron chi connectivity index (χ3n) is 1.46. The summed E-state index contributed by atoms with van der Waals surface area (Å²) in [6.07, 6.45) is -0.501. The van der Waals surface area contributed by atoms with Gasteiger partial charge in [-0.3, -0.25) is 9.32 Å². The molecule has 2 N–H and O–H groups in total. The molecule has 0 aliphatic heterocycles. The molecule has 13 heavy (non-hydrogen) atoms. The van der Waals surface area contributed by atoms with Gasteiger partial charge in [0.15, 0.2) is 0 Å². The van der Waals surface area contributed by atoms with Crippen LogP contribution in [0.5, 0.6) is 0 Å². The van der Waals surface area contributed by atoms with Crippen LogP contribution >= 0.6 is 7.91 Å². The van der Waals surface area contributed by atoms with Crippen LogP contribution in [0.2, 0.25) is 0 Å². The highest BCUT2D eigenvalue weighted by Gasteiger charge is 2.30. The van der Waals surface area contributed by atoms with E-state index in [0.717, 1.165) is 0 Å². The van der Waals surface area contributed by atoms with E-state index in [-0.39, 0.29) is 13.0 Å². The minimum atomic E-state index is -3.11. The van der Waals surface area contributed by atoms with Gasteiger partial charge in [-0.05, 0) is 6.92 Å². The van der Waals surface area contributed by atoms with Gasteiger partial charge in [-0.1, -0.05) is 0 Å². The van der Waals surface area contributed by atoms with E-state index < -0.39 is 25.9 Å². The first kappa shape index (κ1) is 12.3. The van der Waals surface area contributed by atoms with E-state index in [2.05, 4.69) is 4.52 Å². The topological polar surface area (TPSA) is 101 Å². The molecule has 1 atom stereocenters. The Hall–Kier alpha value is -0.710. The van der Waals surface area contributed by atoms with E-state index in [9.17, 15) is 13.9 Å². The molecule has 0 saturated carbocycles. The first-order chi connectivity index (χ1) is 5.89. The zero-order valence-corrected chi connectivity index (χ0v) is 7.99. The average molecular weight is 210 g/mol. The second-order valence-electron chi connectivity index (χ2n) is 2.81. The van der Waals surface area contributed by atoms with Gasteiger partial charge in [0.05, 0.1) is 12.0 Å². The highest BCUT2D eigenvalue weighted by atomic mass is 31.1. The third kappa shape index (κ3) is 5.52. The molecular formula is C6H11O6P. The molecule has 0 amide bonds. The summed E-state index contributed by atoms with van der Waals surface area (Å²) in [5, 5.41) is 17.0. The van der Waals surface area contributed by atoms with Gasteiger partial charge in [0.1, 0.15) is 0 Å². The summed E-state index contributed by atoms with van der Waals surface area (Å²) in [4.78, 5) is 10.3. The lowest BCUT2D eigenvalue weighted by atomic mass is 9.99. The molecule has 0 saturated heterocycles. The molecule has 7 heteroatoms. The van der Waals surface area contributed by atoms with Gasteiger partial charge in [0, 0.05) is 13.0 Å². The number of hydrogen-bond donors (Lipinski definition) is 2. The van der Waals surface area contributed by atoms with Crippen molar-refractivity contribution >= 4 is 13.9 Å². The first-order valence-electron chi connectivity index (χ1n) is 3.56. The number of rotatable bonds is 6. The standard InChI is InChI=1S/C6H11O6P/c1-6(2-3-7,4-5(8)9)12-13(10)11/h7H,2-4H2,1H3,(H,8,9)/t6-/m1/s1. The van der Waals surface area contributed by atoms with Crippen LogP contribution in [0.4, 0.5) is 0 Å². The fraction of sp³-hybridized carbons (Fsp3) is 0.833. The number of carboxylic acids is 1. The molecule has 6 nitrogen and oxygen atoms in total. The van der Waals surface area contributed by atoms with Crippen molar-refractivity contribution in [1.82, 2.24) is 0 Å². The summed E-state index contributed by atoms with van der Waals surface area (Å²) in [5.41, 5.74) is -1.35. The summed E-state index contributed by atoms with van der Waals surface area (Å²) < 4.78 is 24.8. The molecular weight excluding hydrogens is 199 g/mol. The molecule has 0 radical (unpaired) electrons. The smallest absolute Gasteiger partial charge is 0.468 e. The average Bonchev–Trinajstić information content (AvgIpc) is 1.81. The predicted octanol–water partition coefficient (Wildman–Crippen LogP) is 0.707. The Kier molecular flexibility index (Phi) is 4.83. The maximum absolute atomic E-state index is 10.3. The van der Waals surface area contributed by atoms with Crippen LogP contribution in [-0.4, -0.2) is 28.4 Å². The van der Waals surface area contributed by atoms with Crippen LogP contribution in [0.3, 0.4) is 0 Å². The van der Waals surface area contributed by atoms with Crippen LogP contribution < -0.4 is 0 Å². The van der Waals surface area contributed by atoms with Crippen molar-refractivity contribution in [1.29, 1.82) is 0 Å². The number of carboxylic acid groups (broad SMARTS) is 1. The lowest BCUT2D eigenvalue weighted by Gasteiger charge is -2.22. The summed E-state index contributed by atoms with van der Waals surface area (Å²) in [7, 11) is -3.11. The lowest BCUT2D eigenvalue weighted by Crippen LogP contribution is -2.30. The Morgan fingerprint density at radius 3 is 2.38 bits per heavy atom. The zero-order valence-electron chi connectivity index (χ0n) is 7.10. The van der Waals surface area contributed by atoms with Crippen molar-refractivity contribution < 1.29 is 28.7 Å². The lowest BCUT2D eigenvalue weighted by molar-refractivity contribution is -0.141. The van der Waals surface area contributed by atoms with Crippen LogP contribution in [0.1, 0.15) is 19.8 Å². The highest BCUT2D eigenvalue weighted by Crippen LogP contribution is 2.27. The largest absolute Gasteiger partial charge is 0.481 e. The minimum Gasteiger partial charge on any atom is -0.481 e. The maximum atomic E-state index is 10.3. The number of aliphatic hydroxyl groups is 1. The van der Waals surface area contributed by atoms with Crippen LogP contribution in [0, 0.1) is 0 Å². The van der Waals surface area contributed by atoms with Gasteiger partial charge < -0.3 is 10.2 Å². The van der Waals surface area contributed by atoms with Crippen LogP contribution in [-0.2, 0) is 18.4 Å². The Morgan fingerprint density at radius 2 is 2.08 bits per heavy atom. The first-order valence-corrected chi connectivity index (χ1v) is 4.65. The van der Waals surface area contributed by atoms with E-state index in [1.807, 2.05) is 0 Å². The fourth-order valence-corrected chi connectivity index (χ4v) is 1.42. The zero-order chi connectivity index (χ0) is 10.5. The Bertz CT molecular complexity index is 240. The maximum Gasteiger partial charge on any atom is 0.468 e. The normalized spacial score (nSPS) is 14.9. The van der Waals surface area contributed by atoms with E-state index in [0.29, 0.717) is 0 Å². The summed E-state index contributed by atoms with van der Waals surface area (Å²) in [6, 6.07) is 0. The highest BCUT2D eigenvalue weighted by molar-refractivity contribution is 7.24. The molecule has 0 spiro atoms. The van der Waals surface area contributed by atoms with Gasteiger partial charge in [0.25, 0.3) is 0 Å². The number of aliphatic carboxylic acids is 1. The molecule has 0 aromatic carbocycles. The molecule has 0 heterocycles. The molecule has 0 aromatic rings. The van der Waals surface area contributed by atoms with Gasteiger partial charge in [-0.15, -0.1) is 0 Å². The van der Waals surface area contributed by atoms with Crippen molar-refractivity contribution in [2.45, 2.75) is 25.4 Å². The van der Waals surface area contributed by atoms with Crippen molar-refractivity contribution in [2.24, 2.45) is 0 Å². The van der Waals surface area contributed by atoms with Crippen LogP contribution in [0.15, 0.2) is 0 Å². The SMILES string of the molecule is C[C@@](CCO)(CC(=O)O)OP(=O)=O. The summed E-state index contributed by atoms with van der Waals surface area (Å²) in [5.74, 6) is -1.17. The van der Waals surface area contributed by atoms with E-state index in [1.165, 1.54) is 6.92 Å². The van der Waals surface area contributed by atoms with Gasteiger partial charge in [0.2, 0.25) is 0 Å². The Morgan fingerprint density at radius 1 is 1.54 bits per heavy atom. The van der Waals surface area contributed by atoms with E-state index in [4.69, 9.17) is 10.2 Å². The van der Waals surface area contributed by atoms with E-state index in [1.54, 1.807) is 0 Å². The second kappa shape index (κ2) is 5.11. The molecule has 0 unspecified atom stereocenters. The molecule has 0 fully saturated rings. The van der Waals surface area contributed by atoms with Gasteiger partial charge in [-0.2, -0.15) is 0 Å². The third-order valence-corrected chi connectivity index (χ3v) is 2.05. The predicted molar refractivity (Wildman–Crippen MR) is 41.7 cm³/mol. The van der Waals surface area contributed by atoms with Gasteiger partial charge >= 0.3 is 13.9 Å². The molecule has 0 aliphatic carbocycles. The van der Waals surface area contributed by atoms with Crippen molar-refractivity contribution in [3.05, 3.63) is 0 Å². The molecule has 0 bridgehead atoms. The monoisotopic (exact) mass is 210 g/mol. The number of hydrogen-bond acceptors (Lipinski definition) is 5. The van der Waals surface area contributed by atoms with E-state index >= 15 is 0 Å². The molecule has 0 aliphatic rings. The quantitative estimate of drug-likeness (QED) is 0.626. The Labute approximate surface area is 75.4 Å². The number of carbonyl (C=O) groups is 1. The fourth-order valence-electron chi connectivity index (χ4n) is 0.903. The summed E-state index contributed by atoms with van der Waals surface area (Å²) in [6.45, 7) is 0.995. The molecule has 0 aromatic heterocycles.